The third kappa shape index (κ3) is 6.25. The van der Waals surface area contributed by atoms with Crippen LogP contribution in [0.15, 0.2) is 60.7 Å². The Bertz CT molecular complexity index is 972. The summed E-state index contributed by atoms with van der Waals surface area (Å²) in [5.74, 6) is -0.834. The fourth-order valence-electron chi connectivity index (χ4n) is 4.25. The van der Waals surface area contributed by atoms with Crippen LogP contribution in [0.4, 0.5) is 0 Å². The van der Waals surface area contributed by atoms with Gasteiger partial charge >= 0.3 is 5.97 Å². The first-order valence-electron chi connectivity index (χ1n) is 11.6. The minimum atomic E-state index is -0.906. The first-order chi connectivity index (χ1) is 17.0. The van der Waals surface area contributed by atoms with Crippen LogP contribution >= 0.6 is 0 Å². The van der Waals surface area contributed by atoms with E-state index in [-0.39, 0.29) is 19.1 Å². The van der Waals surface area contributed by atoms with Crippen LogP contribution in [0.25, 0.3) is 0 Å². The largest absolute Gasteiger partial charge is 0.467 e. The van der Waals surface area contributed by atoms with Crippen molar-refractivity contribution in [3.05, 3.63) is 71.8 Å². The molecular weight excluding hydrogens is 454 g/mol. The van der Waals surface area contributed by atoms with Gasteiger partial charge in [0.15, 0.2) is 18.7 Å². The van der Waals surface area contributed by atoms with Gasteiger partial charge in [-0.1, -0.05) is 60.7 Å². The lowest BCUT2D eigenvalue weighted by Crippen LogP contribution is -2.68. The van der Waals surface area contributed by atoms with E-state index in [1.807, 2.05) is 60.7 Å². The molecule has 2 aromatic rings. The number of benzene rings is 2. The van der Waals surface area contributed by atoms with Crippen LogP contribution in [0.1, 0.15) is 31.3 Å². The zero-order valence-electron chi connectivity index (χ0n) is 20.0. The Morgan fingerprint density at radius 3 is 2.40 bits per heavy atom. The molecule has 4 rings (SSSR count). The van der Waals surface area contributed by atoms with E-state index in [0.29, 0.717) is 0 Å². The van der Waals surface area contributed by atoms with E-state index in [1.165, 1.54) is 14.0 Å². The second-order valence-corrected chi connectivity index (χ2v) is 8.51. The lowest BCUT2D eigenvalue weighted by atomic mass is 9.95. The number of carbonyl (C=O) groups is 2. The predicted octanol–water partition coefficient (Wildman–Crippen LogP) is 2.49. The first-order valence-corrected chi connectivity index (χ1v) is 11.6. The summed E-state index contributed by atoms with van der Waals surface area (Å²) in [6.07, 6.45) is -4.39. The molecule has 0 aromatic heterocycles. The van der Waals surface area contributed by atoms with Crippen LogP contribution in [0.2, 0.25) is 0 Å². The molecule has 0 spiro atoms. The van der Waals surface area contributed by atoms with Crippen molar-refractivity contribution in [1.82, 2.24) is 5.32 Å². The third-order valence-electron chi connectivity index (χ3n) is 5.93. The summed E-state index contributed by atoms with van der Waals surface area (Å²) < 4.78 is 35.6. The Labute approximate surface area is 204 Å². The molecule has 1 N–H and O–H groups in total. The van der Waals surface area contributed by atoms with Gasteiger partial charge in [0.05, 0.1) is 20.3 Å². The van der Waals surface area contributed by atoms with Gasteiger partial charge in [-0.2, -0.15) is 0 Å². The molecule has 2 aliphatic heterocycles. The fourth-order valence-corrected chi connectivity index (χ4v) is 4.25. The predicted molar refractivity (Wildman–Crippen MR) is 124 cm³/mol. The lowest BCUT2D eigenvalue weighted by Gasteiger charge is -2.49. The SMILES string of the molecule is COC(=O)[C@@H](C)O[C@@H]1C(NC(C)=O)C(OCc2ccccc2)OC2COC(c3ccccc3)O[C@H]21. The van der Waals surface area contributed by atoms with Crippen molar-refractivity contribution in [2.24, 2.45) is 0 Å². The summed E-state index contributed by atoms with van der Waals surface area (Å²) >= 11 is 0. The van der Waals surface area contributed by atoms with Gasteiger partial charge < -0.3 is 33.7 Å². The molecule has 9 heteroatoms. The van der Waals surface area contributed by atoms with E-state index in [9.17, 15) is 9.59 Å². The smallest absolute Gasteiger partial charge is 0.334 e. The standard InChI is InChI=1S/C26H31NO8/c1-16(24(29)30-3)33-23-21(27-17(2)28)26(31-14-18-10-6-4-7-11-18)34-20-15-32-25(35-22(20)23)19-12-8-5-9-13-19/h4-13,16,20-23,25-26H,14-15H2,1-3H3,(H,27,28)/t16-,20?,21?,22-,23-,25?,26?/m1/s1. The Hall–Kier alpha value is -2.82. The van der Waals surface area contributed by atoms with Gasteiger partial charge in [0.2, 0.25) is 5.91 Å². The van der Waals surface area contributed by atoms with Crippen LogP contribution in [0.3, 0.4) is 0 Å². The number of hydrogen-bond acceptors (Lipinski definition) is 8. The monoisotopic (exact) mass is 485 g/mol. The number of methoxy groups -OCH3 is 1. The van der Waals surface area contributed by atoms with E-state index in [4.69, 9.17) is 28.4 Å². The molecule has 9 nitrogen and oxygen atoms in total. The van der Waals surface area contributed by atoms with E-state index >= 15 is 0 Å². The second-order valence-electron chi connectivity index (χ2n) is 8.51. The second kappa shape index (κ2) is 11.7. The van der Waals surface area contributed by atoms with Gasteiger partial charge in [-0.15, -0.1) is 0 Å². The number of fused-ring (bicyclic) bond motifs is 1. The minimum Gasteiger partial charge on any atom is -0.467 e. The van der Waals surface area contributed by atoms with E-state index in [0.717, 1.165) is 11.1 Å². The summed E-state index contributed by atoms with van der Waals surface area (Å²) in [7, 11) is 1.29. The van der Waals surface area contributed by atoms with Gasteiger partial charge in [0.25, 0.3) is 0 Å². The maximum Gasteiger partial charge on any atom is 0.334 e. The highest BCUT2D eigenvalue weighted by Crippen LogP contribution is 2.36. The minimum absolute atomic E-state index is 0.217. The van der Waals surface area contributed by atoms with Crippen LogP contribution in [-0.2, 0) is 44.6 Å². The summed E-state index contributed by atoms with van der Waals surface area (Å²) in [5.41, 5.74) is 1.78. The number of nitrogens with one attached hydrogen (secondary N) is 1. The molecule has 2 fully saturated rings. The maximum atomic E-state index is 12.2. The number of esters is 1. The third-order valence-corrected chi connectivity index (χ3v) is 5.93. The van der Waals surface area contributed by atoms with Crippen molar-refractivity contribution in [3.63, 3.8) is 0 Å². The summed E-state index contributed by atoms with van der Waals surface area (Å²) in [6.45, 7) is 3.47. The van der Waals surface area contributed by atoms with Crippen LogP contribution in [0, 0.1) is 0 Å². The molecule has 0 aliphatic carbocycles. The van der Waals surface area contributed by atoms with Gasteiger partial charge in [-0.25, -0.2) is 4.79 Å². The van der Waals surface area contributed by atoms with Crippen LogP contribution in [0.5, 0.6) is 0 Å². The average molecular weight is 486 g/mol. The number of hydrogen-bond donors (Lipinski definition) is 1. The summed E-state index contributed by atoms with van der Waals surface area (Å²) in [4.78, 5) is 24.4. The highest BCUT2D eigenvalue weighted by Gasteiger charge is 2.52. The molecule has 2 aromatic carbocycles. The molecule has 0 radical (unpaired) electrons. The Kier molecular flexibility index (Phi) is 8.48. The Morgan fingerprint density at radius 2 is 1.74 bits per heavy atom. The maximum absolute atomic E-state index is 12.2. The van der Waals surface area contributed by atoms with Gasteiger partial charge in [-0.05, 0) is 12.5 Å². The molecule has 0 bridgehead atoms. The zero-order chi connectivity index (χ0) is 24.8. The molecule has 35 heavy (non-hydrogen) atoms. The Balaban J connectivity index is 1.60. The number of ether oxygens (including phenoxy) is 6. The quantitative estimate of drug-likeness (QED) is 0.569. The van der Waals surface area contributed by atoms with Crippen molar-refractivity contribution in [2.45, 2.75) is 63.5 Å². The van der Waals surface area contributed by atoms with Gasteiger partial charge in [0, 0.05) is 12.5 Å². The van der Waals surface area contributed by atoms with Crippen molar-refractivity contribution >= 4 is 11.9 Å². The highest BCUT2D eigenvalue weighted by molar-refractivity contribution is 5.74. The highest BCUT2D eigenvalue weighted by atomic mass is 16.8. The molecule has 0 saturated carbocycles. The van der Waals surface area contributed by atoms with Gasteiger partial charge in [0.1, 0.15) is 24.4 Å². The van der Waals surface area contributed by atoms with Crippen molar-refractivity contribution in [2.75, 3.05) is 13.7 Å². The molecule has 2 heterocycles. The topological polar surface area (TPSA) is 102 Å². The number of carbonyl (C=O) groups excluding carboxylic acids is 2. The molecule has 4 unspecified atom stereocenters. The van der Waals surface area contributed by atoms with Gasteiger partial charge in [-0.3, -0.25) is 4.79 Å². The molecule has 1 amide bonds. The van der Waals surface area contributed by atoms with Crippen LogP contribution < -0.4 is 5.32 Å². The molecule has 2 aliphatic rings. The zero-order valence-corrected chi connectivity index (χ0v) is 20.0. The number of rotatable bonds is 8. The van der Waals surface area contributed by atoms with Crippen LogP contribution in [-0.4, -0.2) is 62.3 Å². The normalized spacial score (nSPS) is 29.0. The number of amides is 1. The molecule has 7 atom stereocenters. The molecule has 188 valence electrons. The summed E-state index contributed by atoms with van der Waals surface area (Å²) in [5, 5.41) is 2.88. The summed E-state index contributed by atoms with van der Waals surface area (Å²) in [6, 6.07) is 18.4. The van der Waals surface area contributed by atoms with Crippen molar-refractivity contribution < 1.29 is 38.0 Å². The molecule has 2 saturated heterocycles. The van der Waals surface area contributed by atoms with E-state index in [1.54, 1.807) is 6.92 Å². The van der Waals surface area contributed by atoms with E-state index in [2.05, 4.69) is 5.32 Å². The van der Waals surface area contributed by atoms with Crippen molar-refractivity contribution in [1.29, 1.82) is 0 Å². The van der Waals surface area contributed by atoms with Crippen molar-refractivity contribution in [3.8, 4) is 0 Å². The Morgan fingerprint density at radius 1 is 1.06 bits per heavy atom. The average Bonchev–Trinajstić information content (AvgIpc) is 2.89. The molecular formula is C26H31NO8. The van der Waals surface area contributed by atoms with E-state index < -0.39 is 49.0 Å². The first kappa shape index (κ1) is 25.3. The lowest BCUT2D eigenvalue weighted by molar-refractivity contribution is -0.352. The fraction of sp³-hybridized carbons (Fsp3) is 0.462.